The van der Waals surface area contributed by atoms with Crippen molar-refractivity contribution in [3.8, 4) is 11.3 Å². The van der Waals surface area contributed by atoms with Gasteiger partial charge in [-0.25, -0.2) is 9.97 Å². The summed E-state index contributed by atoms with van der Waals surface area (Å²) in [5.74, 6) is 0.598. The Labute approximate surface area is 122 Å². The Balaban J connectivity index is 2.34. The van der Waals surface area contributed by atoms with Crippen molar-refractivity contribution in [1.29, 1.82) is 0 Å². The Bertz CT molecular complexity index is 782. The highest BCUT2D eigenvalue weighted by atomic mass is 35.5. The molecule has 0 fully saturated rings. The fourth-order valence-corrected chi connectivity index (χ4v) is 2.28. The number of fused-ring (bicyclic) bond motifs is 1. The summed E-state index contributed by atoms with van der Waals surface area (Å²) in [6, 6.07) is 15.6. The SMILES string of the molecule is CN=Cc1nc(-c2ccccc2)c2cc(Cl)ccc2n1. The summed E-state index contributed by atoms with van der Waals surface area (Å²) in [4.78, 5) is 13.0. The van der Waals surface area contributed by atoms with Gasteiger partial charge in [0, 0.05) is 23.0 Å². The molecule has 0 spiro atoms. The number of aliphatic imine (C=N–C) groups is 1. The summed E-state index contributed by atoms with van der Waals surface area (Å²) < 4.78 is 0. The van der Waals surface area contributed by atoms with Crippen molar-refractivity contribution in [1.82, 2.24) is 9.97 Å². The molecule has 3 nitrogen and oxygen atoms in total. The first kappa shape index (κ1) is 12.8. The van der Waals surface area contributed by atoms with E-state index in [0.717, 1.165) is 22.2 Å². The highest BCUT2D eigenvalue weighted by molar-refractivity contribution is 6.31. The molecule has 4 heteroatoms. The molecule has 0 aliphatic carbocycles. The van der Waals surface area contributed by atoms with Crippen molar-refractivity contribution < 1.29 is 0 Å². The number of benzene rings is 2. The Kier molecular flexibility index (Phi) is 3.44. The molecule has 20 heavy (non-hydrogen) atoms. The molecule has 0 saturated carbocycles. The predicted molar refractivity (Wildman–Crippen MR) is 83.5 cm³/mol. The summed E-state index contributed by atoms with van der Waals surface area (Å²) >= 11 is 6.10. The van der Waals surface area contributed by atoms with Crippen LogP contribution in [0.4, 0.5) is 0 Å². The molecule has 0 amide bonds. The van der Waals surface area contributed by atoms with Crippen LogP contribution in [0.15, 0.2) is 53.5 Å². The van der Waals surface area contributed by atoms with E-state index >= 15 is 0 Å². The molecule has 0 N–H and O–H groups in total. The number of halogens is 1. The van der Waals surface area contributed by atoms with Crippen LogP contribution >= 0.6 is 11.6 Å². The Morgan fingerprint density at radius 1 is 1.05 bits per heavy atom. The van der Waals surface area contributed by atoms with Gasteiger partial charge in [0.25, 0.3) is 0 Å². The van der Waals surface area contributed by atoms with Gasteiger partial charge in [0.15, 0.2) is 5.82 Å². The van der Waals surface area contributed by atoms with Crippen LogP contribution in [0.5, 0.6) is 0 Å². The zero-order valence-electron chi connectivity index (χ0n) is 10.9. The van der Waals surface area contributed by atoms with E-state index in [1.165, 1.54) is 0 Å². The first-order chi connectivity index (χ1) is 9.78. The lowest BCUT2D eigenvalue weighted by atomic mass is 10.1. The quantitative estimate of drug-likeness (QED) is 0.666. The highest BCUT2D eigenvalue weighted by Gasteiger charge is 2.09. The number of aromatic nitrogens is 2. The molecule has 0 aliphatic rings. The molecule has 0 saturated heterocycles. The molecule has 0 bridgehead atoms. The van der Waals surface area contributed by atoms with Crippen LogP contribution in [0.1, 0.15) is 5.82 Å². The van der Waals surface area contributed by atoms with Gasteiger partial charge in [0.2, 0.25) is 0 Å². The van der Waals surface area contributed by atoms with E-state index < -0.39 is 0 Å². The van der Waals surface area contributed by atoms with Gasteiger partial charge in [-0.3, -0.25) is 4.99 Å². The third-order valence-corrected chi connectivity index (χ3v) is 3.20. The number of hydrogen-bond acceptors (Lipinski definition) is 3. The molecule has 98 valence electrons. The van der Waals surface area contributed by atoms with Crippen LogP contribution < -0.4 is 0 Å². The Morgan fingerprint density at radius 3 is 2.60 bits per heavy atom. The van der Waals surface area contributed by atoms with Crippen LogP contribution in [-0.4, -0.2) is 23.2 Å². The van der Waals surface area contributed by atoms with Crippen LogP contribution in [0.25, 0.3) is 22.2 Å². The van der Waals surface area contributed by atoms with E-state index in [1.54, 1.807) is 13.3 Å². The summed E-state index contributed by atoms with van der Waals surface area (Å²) in [5, 5.41) is 1.62. The maximum absolute atomic E-state index is 6.10. The average Bonchev–Trinajstić information content (AvgIpc) is 2.48. The van der Waals surface area contributed by atoms with Gasteiger partial charge in [-0.05, 0) is 18.2 Å². The molecular formula is C16H12ClN3. The molecule has 0 radical (unpaired) electrons. The minimum atomic E-state index is 0.598. The fourth-order valence-electron chi connectivity index (χ4n) is 2.11. The van der Waals surface area contributed by atoms with Gasteiger partial charge in [-0.1, -0.05) is 41.9 Å². The lowest BCUT2D eigenvalue weighted by Crippen LogP contribution is -1.97. The minimum Gasteiger partial charge on any atom is -0.293 e. The lowest BCUT2D eigenvalue weighted by molar-refractivity contribution is 1.19. The van der Waals surface area contributed by atoms with Gasteiger partial charge in [-0.2, -0.15) is 0 Å². The molecule has 3 rings (SSSR count). The number of nitrogens with zero attached hydrogens (tertiary/aromatic N) is 3. The second-order valence-electron chi connectivity index (χ2n) is 4.35. The van der Waals surface area contributed by atoms with E-state index in [4.69, 9.17) is 11.6 Å². The molecule has 0 atom stereocenters. The lowest BCUT2D eigenvalue weighted by Gasteiger charge is -2.07. The van der Waals surface area contributed by atoms with Crippen molar-refractivity contribution in [3.05, 3.63) is 59.4 Å². The third-order valence-electron chi connectivity index (χ3n) is 2.97. The predicted octanol–water partition coefficient (Wildman–Crippen LogP) is 4.00. The van der Waals surface area contributed by atoms with Crippen molar-refractivity contribution in [3.63, 3.8) is 0 Å². The second-order valence-corrected chi connectivity index (χ2v) is 4.78. The molecule has 2 aromatic carbocycles. The number of rotatable bonds is 2. The Morgan fingerprint density at radius 2 is 1.85 bits per heavy atom. The van der Waals surface area contributed by atoms with Crippen molar-refractivity contribution >= 4 is 28.7 Å². The van der Waals surface area contributed by atoms with Gasteiger partial charge < -0.3 is 0 Å². The van der Waals surface area contributed by atoms with Crippen LogP contribution in [0, 0.1) is 0 Å². The summed E-state index contributed by atoms with van der Waals surface area (Å²) in [6.07, 6.45) is 1.65. The smallest absolute Gasteiger partial charge is 0.171 e. The van der Waals surface area contributed by atoms with Gasteiger partial charge >= 0.3 is 0 Å². The maximum Gasteiger partial charge on any atom is 0.171 e. The number of hydrogen-bond donors (Lipinski definition) is 0. The van der Waals surface area contributed by atoms with E-state index in [1.807, 2.05) is 48.5 Å². The van der Waals surface area contributed by atoms with Crippen LogP contribution in [0.3, 0.4) is 0 Å². The van der Waals surface area contributed by atoms with Crippen molar-refractivity contribution in [2.24, 2.45) is 4.99 Å². The molecule has 1 heterocycles. The average molecular weight is 282 g/mol. The molecule has 3 aromatic rings. The topological polar surface area (TPSA) is 38.1 Å². The third kappa shape index (κ3) is 2.40. The summed E-state index contributed by atoms with van der Waals surface area (Å²) in [7, 11) is 1.71. The van der Waals surface area contributed by atoms with E-state index in [9.17, 15) is 0 Å². The minimum absolute atomic E-state index is 0.598. The normalized spacial score (nSPS) is 11.3. The van der Waals surface area contributed by atoms with Gasteiger partial charge in [0.05, 0.1) is 17.4 Å². The zero-order chi connectivity index (χ0) is 13.9. The van der Waals surface area contributed by atoms with Gasteiger partial charge in [-0.15, -0.1) is 0 Å². The van der Waals surface area contributed by atoms with E-state index in [0.29, 0.717) is 10.8 Å². The van der Waals surface area contributed by atoms with Crippen LogP contribution in [-0.2, 0) is 0 Å². The first-order valence-corrected chi connectivity index (χ1v) is 6.60. The first-order valence-electron chi connectivity index (χ1n) is 6.23. The maximum atomic E-state index is 6.10. The largest absolute Gasteiger partial charge is 0.293 e. The highest BCUT2D eigenvalue weighted by Crippen LogP contribution is 2.27. The molecular weight excluding hydrogens is 270 g/mol. The summed E-state index contributed by atoms with van der Waals surface area (Å²) in [6.45, 7) is 0. The van der Waals surface area contributed by atoms with E-state index in [2.05, 4.69) is 15.0 Å². The van der Waals surface area contributed by atoms with Crippen molar-refractivity contribution in [2.75, 3.05) is 7.05 Å². The summed E-state index contributed by atoms with van der Waals surface area (Å²) in [5.41, 5.74) is 2.76. The molecule has 0 aliphatic heterocycles. The standard InChI is InChI=1S/C16H12ClN3/c1-18-10-15-19-14-8-7-12(17)9-13(14)16(20-15)11-5-3-2-4-6-11/h2-10H,1H3. The molecule has 0 unspecified atom stereocenters. The second kappa shape index (κ2) is 5.39. The monoisotopic (exact) mass is 281 g/mol. The van der Waals surface area contributed by atoms with Crippen LogP contribution in [0.2, 0.25) is 5.02 Å². The fraction of sp³-hybridized carbons (Fsp3) is 0.0625. The van der Waals surface area contributed by atoms with E-state index in [-0.39, 0.29) is 0 Å². The Hall–Kier alpha value is -2.26. The zero-order valence-corrected chi connectivity index (χ0v) is 11.7. The molecule has 1 aromatic heterocycles. The van der Waals surface area contributed by atoms with Crippen molar-refractivity contribution in [2.45, 2.75) is 0 Å². The van der Waals surface area contributed by atoms with Gasteiger partial charge in [0.1, 0.15) is 0 Å².